The second-order valence-corrected chi connectivity index (χ2v) is 11.5. The summed E-state index contributed by atoms with van der Waals surface area (Å²) >= 11 is 0. The Morgan fingerprint density at radius 3 is 2.54 bits per heavy atom. The molecule has 4 aromatic rings. The first kappa shape index (κ1) is 25.8. The average Bonchev–Trinajstić information content (AvgIpc) is 2.97. The largest absolute Gasteiger partial charge is 0.393 e. The number of aryl methyl sites for hydroxylation is 1. The summed E-state index contributed by atoms with van der Waals surface area (Å²) in [5.74, 6) is 0.439. The number of nitrogens with zero attached hydrogens (tertiary/aromatic N) is 6. The van der Waals surface area contributed by atoms with Crippen molar-refractivity contribution >= 4 is 45.4 Å². The van der Waals surface area contributed by atoms with Crippen LogP contribution in [-0.4, -0.2) is 77.0 Å². The minimum absolute atomic E-state index is 0.0927. The zero-order chi connectivity index (χ0) is 28.1. The van der Waals surface area contributed by atoms with Gasteiger partial charge in [-0.2, -0.15) is 4.98 Å². The molecule has 0 atom stereocenters. The molecule has 10 heteroatoms. The molecule has 0 radical (unpaired) electrons. The molecule has 2 aromatic carbocycles. The third-order valence-corrected chi connectivity index (χ3v) is 8.67. The van der Waals surface area contributed by atoms with Gasteiger partial charge >= 0.3 is 0 Å². The summed E-state index contributed by atoms with van der Waals surface area (Å²) < 4.78 is 1.78. The third-order valence-electron chi connectivity index (χ3n) is 8.67. The lowest BCUT2D eigenvalue weighted by molar-refractivity contribution is 0.0488. The first-order valence-corrected chi connectivity index (χ1v) is 14.5. The Hall–Kier alpha value is -4.15. The number of aliphatic hydroxyl groups excluding tert-OH is 1. The molecule has 1 aliphatic carbocycles. The van der Waals surface area contributed by atoms with E-state index in [1.165, 1.54) is 5.69 Å². The van der Waals surface area contributed by atoms with E-state index in [-0.39, 0.29) is 11.6 Å². The van der Waals surface area contributed by atoms with Crippen LogP contribution in [0.25, 0.3) is 11.0 Å². The maximum absolute atomic E-state index is 14.1. The van der Waals surface area contributed by atoms with Crippen LogP contribution < -0.4 is 26.0 Å². The Kier molecular flexibility index (Phi) is 6.51. The van der Waals surface area contributed by atoms with Crippen LogP contribution in [-0.2, 0) is 0 Å². The number of para-hydroxylation sites is 1. The molecule has 0 unspecified atom stereocenters. The van der Waals surface area contributed by atoms with Crippen molar-refractivity contribution in [1.82, 2.24) is 19.4 Å². The summed E-state index contributed by atoms with van der Waals surface area (Å²) in [5.41, 5.74) is 6.39. The van der Waals surface area contributed by atoms with Gasteiger partial charge in [-0.25, -0.2) is 4.98 Å². The molecule has 10 nitrogen and oxygen atoms in total. The van der Waals surface area contributed by atoms with Gasteiger partial charge in [-0.15, -0.1) is 0 Å². The molecule has 3 N–H and O–H groups in total. The third kappa shape index (κ3) is 4.76. The van der Waals surface area contributed by atoms with Gasteiger partial charge < -0.3 is 30.4 Å². The fraction of sp³-hybridized carbons (Fsp3) is 0.387. The Balaban J connectivity index is 1.23. The highest BCUT2D eigenvalue weighted by Crippen LogP contribution is 2.38. The lowest BCUT2D eigenvalue weighted by Crippen LogP contribution is -2.44. The molecule has 0 spiro atoms. The van der Waals surface area contributed by atoms with E-state index in [9.17, 15) is 9.90 Å². The van der Waals surface area contributed by atoms with Crippen LogP contribution in [0.3, 0.4) is 0 Å². The van der Waals surface area contributed by atoms with E-state index in [1.54, 1.807) is 10.8 Å². The van der Waals surface area contributed by atoms with Crippen LogP contribution in [0.4, 0.5) is 34.4 Å². The number of aliphatic hydroxyl groups is 1. The van der Waals surface area contributed by atoms with E-state index in [0.29, 0.717) is 36.7 Å². The molecule has 2 aromatic heterocycles. The zero-order valence-corrected chi connectivity index (χ0v) is 23.5. The summed E-state index contributed by atoms with van der Waals surface area (Å²) in [6, 6.07) is 16.3. The molecule has 212 valence electrons. The van der Waals surface area contributed by atoms with Crippen molar-refractivity contribution in [1.29, 1.82) is 0 Å². The van der Waals surface area contributed by atoms with Gasteiger partial charge in [0.25, 0.3) is 5.56 Å². The summed E-state index contributed by atoms with van der Waals surface area (Å²) in [7, 11) is 2.16. The molecular formula is C31H36N8O2. The first-order chi connectivity index (χ1) is 19.9. The quantitative estimate of drug-likeness (QED) is 0.341. The van der Waals surface area contributed by atoms with Crippen LogP contribution in [0, 0.1) is 6.92 Å². The first-order valence-electron chi connectivity index (χ1n) is 14.5. The Morgan fingerprint density at radius 1 is 1.00 bits per heavy atom. The average molecular weight is 553 g/mol. The molecule has 41 heavy (non-hydrogen) atoms. The van der Waals surface area contributed by atoms with E-state index in [0.717, 1.165) is 60.7 Å². The second-order valence-electron chi connectivity index (χ2n) is 11.5. The summed E-state index contributed by atoms with van der Waals surface area (Å²) in [6.45, 7) is 7.66. The van der Waals surface area contributed by atoms with Gasteiger partial charge in [0.2, 0.25) is 5.95 Å². The second kappa shape index (κ2) is 10.4. The fourth-order valence-electron chi connectivity index (χ4n) is 6.19. The fourth-order valence-corrected chi connectivity index (χ4v) is 6.19. The van der Waals surface area contributed by atoms with Crippen molar-refractivity contribution in [2.75, 3.05) is 66.7 Å². The molecule has 2 aliphatic heterocycles. The molecule has 1 saturated carbocycles. The maximum Gasteiger partial charge on any atom is 0.276 e. The highest BCUT2D eigenvalue weighted by Gasteiger charge is 2.33. The van der Waals surface area contributed by atoms with E-state index in [1.807, 2.05) is 30.3 Å². The minimum Gasteiger partial charge on any atom is -0.393 e. The summed E-state index contributed by atoms with van der Waals surface area (Å²) in [5, 5.41) is 17.7. The number of pyridine rings is 1. The topological polar surface area (TPSA) is 102 Å². The van der Waals surface area contributed by atoms with Crippen molar-refractivity contribution in [2.24, 2.45) is 0 Å². The van der Waals surface area contributed by atoms with Crippen LogP contribution >= 0.6 is 0 Å². The van der Waals surface area contributed by atoms with Gasteiger partial charge in [0.05, 0.1) is 17.5 Å². The number of piperazine rings is 1. The number of fused-ring (bicyclic) bond motifs is 2. The Bertz CT molecular complexity index is 1640. The van der Waals surface area contributed by atoms with Gasteiger partial charge in [0, 0.05) is 68.3 Å². The highest BCUT2D eigenvalue weighted by atomic mass is 16.3. The number of rotatable bonds is 5. The maximum atomic E-state index is 14.1. The van der Waals surface area contributed by atoms with Gasteiger partial charge in [-0.05, 0) is 68.8 Å². The number of hydrogen-bond acceptors (Lipinski definition) is 9. The van der Waals surface area contributed by atoms with E-state index in [2.05, 4.69) is 62.5 Å². The van der Waals surface area contributed by atoms with E-state index in [4.69, 9.17) is 4.98 Å². The molecule has 7 rings (SSSR count). The smallest absolute Gasteiger partial charge is 0.276 e. The number of hydrogen-bond donors (Lipinski definition) is 3. The molecule has 2 fully saturated rings. The zero-order valence-electron chi connectivity index (χ0n) is 23.5. The van der Waals surface area contributed by atoms with Crippen LogP contribution in [0.15, 0.2) is 59.5 Å². The molecule has 0 bridgehead atoms. The van der Waals surface area contributed by atoms with Crippen LogP contribution in [0.2, 0.25) is 0 Å². The van der Waals surface area contributed by atoms with Crippen molar-refractivity contribution in [3.63, 3.8) is 0 Å². The van der Waals surface area contributed by atoms with Crippen molar-refractivity contribution in [2.45, 2.75) is 31.9 Å². The summed E-state index contributed by atoms with van der Waals surface area (Å²) in [6.07, 6.45) is 2.47. The van der Waals surface area contributed by atoms with Gasteiger partial charge in [0.1, 0.15) is 11.3 Å². The number of benzene rings is 2. The van der Waals surface area contributed by atoms with Crippen molar-refractivity contribution in [3.8, 4) is 0 Å². The normalized spacial score (nSPS) is 20.9. The number of likely N-dealkylation sites (N-methyl/N-ethyl adjacent to an activating group) is 1. The Labute approximate surface area is 239 Å². The monoisotopic (exact) mass is 552 g/mol. The highest BCUT2D eigenvalue weighted by molar-refractivity contribution is 5.85. The van der Waals surface area contributed by atoms with Crippen LogP contribution in [0.5, 0.6) is 0 Å². The lowest BCUT2D eigenvalue weighted by atomic mass is 9.89. The predicted octanol–water partition coefficient (Wildman–Crippen LogP) is 3.85. The Morgan fingerprint density at radius 2 is 1.78 bits per heavy atom. The van der Waals surface area contributed by atoms with Gasteiger partial charge in [-0.3, -0.25) is 9.36 Å². The van der Waals surface area contributed by atoms with E-state index < -0.39 is 6.10 Å². The SMILES string of the molecule is Cc1cccc2c1NCCN2c1cc2cnc(Nc3ccc(N4CCN(C)CC4)cc3)nc2n(C2CC(O)C2)c1=O. The molecule has 4 heterocycles. The predicted molar refractivity (Wildman–Crippen MR) is 164 cm³/mol. The summed E-state index contributed by atoms with van der Waals surface area (Å²) in [4.78, 5) is 30.4. The van der Waals surface area contributed by atoms with E-state index >= 15 is 0 Å². The number of anilines is 6. The standard InChI is InChI=1S/C31H36N8O2/c1-20-4-3-5-26-28(20)32-10-11-38(26)27-16-21-19-33-31(35-29(21)39(30(27)41)24-17-25(40)18-24)34-22-6-8-23(9-7-22)37-14-12-36(2)13-15-37/h3-9,16,19,24-25,32,40H,10-15,17-18H2,1-2H3,(H,33,34,35). The lowest BCUT2D eigenvalue weighted by Gasteiger charge is -2.36. The number of aromatic nitrogens is 3. The van der Waals surface area contributed by atoms with Crippen LogP contribution in [0.1, 0.15) is 24.4 Å². The minimum atomic E-state index is -0.397. The molecule has 0 amide bonds. The van der Waals surface area contributed by atoms with Gasteiger partial charge in [0.15, 0.2) is 0 Å². The molecule has 3 aliphatic rings. The van der Waals surface area contributed by atoms with Crippen molar-refractivity contribution < 1.29 is 5.11 Å². The van der Waals surface area contributed by atoms with Crippen molar-refractivity contribution in [3.05, 3.63) is 70.6 Å². The number of nitrogens with one attached hydrogen (secondary N) is 2. The molecular weight excluding hydrogens is 516 g/mol. The molecule has 1 saturated heterocycles. The van der Waals surface area contributed by atoms with Gasteiger partial charge in [-0.1, -0.05) is 12.1 Å².